The summed E-state index contributed by atoms with van der Waals surface area (Å²) in [5.41, 5.74) is 0.668. The molecule has 0 saturated carbocycles. The second-order valence-corrected chi connectivity index (χ2v) is 5.83. The summed E-state index contributed by atoms with van der Waals surface area (Å²) in [5, 5.41) is 0. The zero-order valence-corrected chi connectivity index (χ0v) is 13.3. The van der Waals surface area contributed by atoms with Gasteiger partial charge in [0.25, 0.3) is 5.91 Å². The minimum absolute atomic E-state index is 0.0205. The zero-order valence-electron chi connectivity index (χ0n) is 13.3. The van der Waals surface area contributed by atoms with Crippen molar-refractivity contribution in [2.45, 2.75) is 26.1 Å². The van der Waals surface area contributed by atoms with Gasteiger partial charge >= 0.3 is 0 Å². The molecule has 2 aromatic rings. The number of hydrogen-bond acceptors (Lipinski definition) is 4. The third kappa shape index (κ3) is 3.80. The maximum absolute atomic E-state index is 12.4. The summed E-state index contributed by atoms with van der Waals surface area (Å²) < 4.78 is 11.3. The van der Waals surface area contributed by atoms with E-state index in [-0.39, 0.29) is 18.1 Å². The summed E-state index contributed by atoms with van der Waals surface area (Å²) in [5.74, 6) is 1.53. The standard InChI is InChI=1S/C18H20N2O3/c1-13(2)22-15-7-5-14(6-8-15)18(21)20-11-17(12-20)23-16-4-3-9-19-10-16/h3-10,13,17H,11-12H2,1-2H3. The number of hydrogen-bond donors (Lipinski definition) is 0. The van der Waals surface area contributed by atoms with Crippen molar-refractivity contribution in [3.63, 3.8) is 0 Å². The van der Waals surface area contributed by atoms with Crippen LogP contribution < -0.4 is 9.47 Å². The van der Waals surface area contributed by atoms with Crippen LogP contribution in [0.15, 0.2) is 48.8 Å². The van der Waals surface area contributed by atoms with Crippen LogP contribution in [-0.4, -0.2) is 41.1 Å². The van der Waals surface area contributed by atoms with Crippen LogP contribution in [0.4, 0.5) is 0 Å². The van der Waals surface area contributed by atoms with Gasteiger partial charge in [-0.3, -0.25) is 9.78 Å². The molecule has 1 amide bonds. The minimum atomic E-state index is 0.0205. The number of carbonyl (C=O) groups excluding carboxylic acids is 1. The van der Waals surface area contributed by atoms with Crippen molar-refractivity contribution in [1.82, 2.24) is 9.88 Å². The predicted octanol–water partition coefficient (Wildman–Crippen LogP) is 2.77. The van der Waals surface area contributed by atoms with Gasteiger partial charge in [0.15, 0.2) is 0 Å². The van der Waals surface area contributed by atoms with Crippen molar-refractivity contribution in [2.24, 2.45) is 0 Å². The Kier molecular flexibility index (Phi) is 4.46. The highest BCUT2D eigenvalue weighted by Crippen LogP contribution is 2.20. The van der Waals surface area contributed by atoms with E-state index in [9.17, 15) is 4.79 Å². The molecule has 5 nitrogen and oxygen atoms in total. The minimum Gasteiger partial charge on any atom is -0.491 e. The number of aromatic nitrogens is 1. The van der Waals surface area contributed by atoms with E-state index in [2.05, 4.69) is 4.98 Å². The van der Waals surface area contributed by atoms with Crippen molar-refractivity contribution >= 4 is 5.91 Å². The lowest BCUT2D eigenvalue weighted by Crippen LogP contribution is -2.56. The quantitative estimate of drug-likeness (QED) is 0.852. The Balaban J connectivity index is 1.52. The van der Waals surface area contributed by atoms with Crippen LogP contribution in [0.25, 0.3) is 0 Å². The molecule has 0 atom stereocenters. The maximum atomic E-state index is 12.4. The summed E-state index contributed by atoms with van der Waals surface area (Å²) in [6, 6.07) is 11.0. The van der Waals surface area contributed by atoms with Gasteiger partial charge in [-0.2, -0.15) is 0 Å². The Labute approximate surface area is 135 Å². The molecule has 1 aromatic heterocycles. The molecule has 0 bridgehead atoms. The first-order valence-electron chi connectivity index (χ1n) is 7.74. The normalized spacial score (nSPS) is 14.5. The van der Waals surface area contributed by atoms with Gasteiger partial charge in [0, 0.05) is 11.8 Å². The third-order valence-corrected chi connectivity index (χ3v) is 3.55. The lowest BCUT2D eigenvalue weighted by atomic mass is 10.1. The highest BCUT2D eigenvalue weighted by Gasteiger charge is 2.32. The molecule has 23 heavy (non-hydrogen) atoms. The van der Waals surface area contributed by atoms with Crippen LogP contribution >= 0.6 is 0 Å². The second kappa shape index (κ2) is 6.69. The Morgan fingerprint density at radius 3 is 2.52 bits per heavy atom. The monoisotopic (exact) mass is 312 g/mol. The average Bonchev–Trinajstić information content (AvgIpc) is 2.51. The van der Waals surface area contributed by atoms with Crippen LogP contribution in [0.3, 0.4) is 0 Å². The first-order chi connectivity index (χ1) is 11.1. The van der Waals surface area contributed by atoms with Gasteiger partial charge in [-0.1, -0.05) is 0 Å². The van der Waals surface area contributed by atoms with Crippen LogP contribution in [-0.2, 0) is 0 Å². The number of benzene rings is 1. The number of ether oxygens (including phenoxy) is 2. The molecular weight excluding hydrogens is 292 g/mol. The van der Waals surface area contributed by atoms with E-state index in [1.807, 2.05) is 38.1 Å². The Morgan fingerprint density at radius 2 is 1.91 bits per heavy atom. The largest absolute Gasteiger partial charge is 0.491 e. The average molecular weight is 312 g/mol. The summed E-state index contributed by atoms with van der Waals surface area (Å²) >= 11 is 0. The molecule has 2 heterocycles. The van der Waals surface area contributed by atoms with Gasteiger partial charge < -0.3 is 14.4 Å². The highest BCUT2D eigenvalue weighted by molar-refractivity contribution is 5.94. The third-order valence-electron chi connectivity index (χ3n) is 3.55. The molecule has 0 radical (unpaired) electrons. The number of carbonyl (C=O) groups is 1. The van der Waals surface area contributed by atoms with Crippen LogP contribution in [0.1, 0.15) is 24.2 Å². The highest BCUT2D eigenvalue weighted by atomic mass is 16.5. The fraction of sp³-hybridized carbons (Fsp3) is 0.333. The second-order valence-electron chi connectivity index (χ2n) is 5.83. The fourth-order valence-corrected chi connectivity index (χ4v) is 2.42. The number of pyridine rings is 1. The van der Waals surface area contributed by atoms with E-state index < -0.39 is 0 Å². The number of likely N-dealkylation sites (tertiary alicyclic amines) is 1. The Morgan fingerprint density at radius 1 is 1.17 bits per heavy atom. The summed E-state index contributed by atoms with van der Waals surface area (Å²) in [6.07, 6.45) is 3.54. The van der Waals surface area contributed by atoms with E-state index >= 15 is 0 Å². The summed E-state index contributed by atoms with van der Waals surface area (Å²) in [4.78, 5) is 18.2. The Hall–Kier alpha value is -2.56. The SMILES string of the molecule is CC(C)Oc1ccc(C(=O)N2CC(Oc3cccnc3)C2)cc1. The maximum Gasteiger partial charge on any atom is 0.254 e. The Bertz CT molecular complexity index is 650. The van der Waals surface area contributed by atoms with Gasteiger partial charge in [0.05, 0.1) is 25.4 Å². The van der Waals surface area contributed by atoms with Gasteiger partial charge in [0.2, 0.25) is 0 Å². The van der Waals surface area contributed by atoms with Crippen molar-refractivity contribution in [2.75, 3.05) is 13.1 Å². The molecular formula is C18H20N2O3. The van der Waals surface area contributed by atoms with Gasteiger partial charge in [0.1, 0.15) is 17.6 Å². The van der Waals surface area contributed by atoms with Gasteiger partial charge in [-0.25, -0.2) is 0 Å². The van der Waals surface area contributed by atoms with E-state index in [1.165, 1.54) is 0 Å². The molecule has 0 N–H and O–H groups in total. The molecule has 1 aliphatic rings. The zero-order chi connectivity index (χ0) is 16.2. The summed E-state index contributed by atoms with van der Waals surface area (Å²) in [7, 11) is 0. The molecule has 3 rings (SSSR count). The number of amides is 1. The predicted molar refractivity (Wildman–Crippen MR) is 86.8 cm³/mol. The topological polar surface area (TPSA) is 51.7 Å². The van der Waals surface area contributed by atoms with Crippen molar-refractivity contribution in [3.8, 4) is 11.5 Å². The van der Waals surface area contributed by atoms with E-state index in [4.69, 9.17) is 9.47 Å². The molecule has 5 heteroatoms. The van der Waals surface area contributed by atoms with Gasteiger partial charge in [-0.05, 0) is 50.2 Å². The fourth-order valence-electron chi connectivity index (χ4n) is 2.42. The van der Waals surface area contributed by atoms with Crippen molar-refractivity contribution in [1.29, 1.82) is 0 Å². The molecule has 1 aliphatic heterocycles. The molecule has 1 fully saturated rings. The van der Waals surface area contributed by atoms with Gasteiger partial charge in [-0.15, -0.1) is 0 Å². The lowest BCUT2D eigenvalue weighted by Gasteiger charge is -2.38. The molecule has 0 unspecified atom stereocenters. The smallest absolute Gasteiger partial charge is 0.254 e. The molecule has 1 aromatic carbocycles. The van der Waals surface area contributed by atoms with Crippen LogP contribution in [0.5, 0.6) is 11.5 Å². The molecule has 0 spiro atoms. The lowest BCUT2D eigenvalue weighted by molar-refractivity contribution is 0.0176. The van der Waals surface area contributed by atoms with E-state index in [1.54, 1.807) is 29.4 Å². The first-order valence-corrected chi connectivity index (χ1v) is 7.74. The van der Waals surface area contributed by atoms with E-state index in [0.29, 0.717) is 18.7 Å². The first kappa shape index (κ1) is 15.3. The number of rotatable bonds is 5. The van der Waals surface area contributed by atoms with Crippen LogP contribution in [0.2, 0.25) is 0 Å². The molecule has 1 saturated heterocycles. The molecule has 0 aliphatic carbocycles. The summed E-state index contributed by atoms with van der Waals surface area (Å²) in [6.45, 7) is 5.14. The van der Waals surface area contributed by atoms with Crippen LogP contribution in [0, 0.1) is 0 Å². The van der Waals surface area contributed by atoms with E-state index in [0.717, 1.165) is 11.5 Å². The molecule has 120 valence electrons. The van der Waals surface area contributed by atoms with Crippen molar-refractivity contribution < 1.29 is 14.3 Å². The number of nitrogens with zero attached hydrogens (tertiary/aromatic N) is 2. The van der Waals surface area contributed by atoms with Crippen molar-refractivity contribution in [3.05, 3.63) is 54.4 Å².